The topological polar surface area (TPSA) is 16.4 Å². The Morgan fingerprint density at radius 1 is 0.446 bits per heavy atom. The fourth-order valence-electron chi connectivity index (χ4n) is 9.44. The molecule has 0 bridgehead atoms. The van der Waals surface area contributed by atoms with Crippen LogP contribution in [0.1, 0.15) is 25.0 Å². The maximum Gasteiger partial charge on any atom is 0.143 e. The normalized spacial score (nSPS) is 13.3. The van der Waals surface area contributed by atoms with Crippen molar-refractivity contribution in [3.8, 4) is 22.3 Å². The first-order valence-corrected chi connectivity index (χ1v) is 20.1. The van der Waals surface area contributed by atoms with Crippen molar-refractivity contribution in [2.75, 3.05) is 4.90 Å². The Balaban J connectivity index is 1.03. The summed E-state index contributed by atoms with van der Waals surface area (Å²) in [5, 5.41) is 9.75. The van der Waals surface area contributed by atoms with Crippen LogP contribution in [0.3, 0.4) is 0 Å². The van der Waals surface area contributed by atoms with Crippen LogP contribution < -0.4 is 4.90 Å². The van der Waals surface area contributed by atoms with Crippen LogP contribution in [-0.2, 0) is 5.41 Å². The van der Waals surface area contributed by atoms with E-state index in [0.717, 1.165) is 33.6 Å². The Morgan fingerprint density at radius 3 is 2.02 bits per heavy atom. The highest BCUT2D eigenvalue weighted by atomic mass is 32.1. The van der Waals surface area contributed by atoms with Gasteiger partial charge in [-0.15, -0.1) is 11.3 Å². The Hall–Kier alpha value is -6.68. The van der Waals surface area contributed by atoms with Crippen molar-refractivity contribution in [1.29, 1.82) is 0 Å². The minimum atomic E-state index is -0.104. The molecule has 0 atom stereocenters. The molecule has 2 aromatic heterocycles. The lowest BCUT2D eigenvalue weighted by atomic mass is 9.82. The number of thiophene rings is 1. The highest BCUT2D eigenvalue weighted by Crippen LogP contribution is 2.51. The first-order chi connectivity index (χ1) is 27.5. The van der Waals surface area contributed by atoms with E-state index in [2.05, 4.69) is 195 Å². The van der Waals surface area contributed by atoms with Crippen LogP contribution in [0.15, 0.2) is 180 Å². The zero-order chi connectivity index (χ0) is 37.1. The third-order valence-electron chi connectivity index (χ3n) is 12.2. The standard InChI is InChI=1S/C53H35NOS/c1-53(2)45-14-8-7-13-41(45)42-25-22-38(30-46(42)53)54(37-20-17-33(18-21-37)36-16-15-32-9-3-4-11-35(32)29-36)39-23-26-43-49(31-39)56-48-28-27-47-50(51(43)48)44-24-19-34-10-5-6-12-40(34)52(44)55-47/h3-31H,1-2H3. The van der Waals surface area contributed by atoms with Gasteiger partial charge in [0.25, 0.3) is 0 Å². The lowest BCUT2D eigenvalue weighted by molar-refractivity contribution is 0.660. The molecule has 11 aromatic rings. The Labute approximate surface area is 328 Å². The van der Waals surface area contributed by atoms with Crippen molar-refractivity contribution >= 4 is 92.1 Å². The van der Waals surface area contributed by atoms with Crippen LogP contribution >= 0.6 is 11.3 Å². The lowest BCUT2D eigenvalue weighted by Crippen LogP contribution is -2.16. The number of fused-ring (bicyclic) bond motifs is 13. The van der Waals surface area contributed by atoms with Crippen LogP contribution in [0.5, 0.6) is 0 Å². The van der Waals surface area contributed by atoms with Gasteiger partial charge in [0.05, 0.1) is 0 Å². The molecule has 264 valence electrons. The molecule has 0 amide bonds. The number of benzene rings is 9. The number of furan rings is 1. The minimum absolute atomic E-state index is 0.104. The van der Waals surface area contributed by atoms with Gasteiger partial charge in [0.15, 0.2) is 0 Å². The summed E-state index contributed by atoms with van der Waals surface area (Å²) in [5.41, 5.74) is 13.0. The van der Waals surface area contributed by atoms with E-state index in [1.54, 1.807) is 0 Å². The highest BCUT2D eigenvalue weighted by Gasteiger charge is 2.35. The van der Waals surface area contributed by atoms with Crippen LogP contribution in [0.25, 0.3) is 85.9 Å². The maximum absolute atomic E-state index is 6.61. The third-order valence-corrected chi connectivity index (χ3v) is 13.4. The SMILES string of the molecule is CC1(C)c2ccccc2-c2ccc(N(c3ccc(-c4ccc5ccccc5c4)cc3)c3ccc4c(c3)sc3ccc5oc6c7ccccc7ccc6c5c34)cc21. The predicted octanol–water partition coefficient (Wildman–Crippen LogP) is 15.7. The molecule has 0 fully saturated rings. The van der Waals surface area contributed by atoms with Crippen LogP contribution in [0.2, 0.25) is 0 Å². The highest BCUT2D eigenvalue weighted by molar-refractivity contribution is 7.26. The number of hydrogen-bond donors (Lipinski definition) is 0. The summed E-state index contributed by atoms with van der Waals surface area (Å²) in [6, 6.07) is 64.7. The van der Waals surface area contributed by atoms with E-state index in [1.165, 1.54) is 80.5 Å². The Bertz CT molecular complexity index is 3400. The fraction of sp³-hybridized carbons (Fsp3) is 0.0566. The molecule has 0 radical (unpaired) electrons. The molecule has 1 aliphatic rings. The van der Waals surface area contributed by atoms with Crippen molar-refractivity contribution in [3.63, 3.8) is 0 Å². The average Bonchev–Trinajstić information content (AvgIpc) is 3.88. The first-order valence-electron chi connectivity index (χ1n) is 19.3. The number of nitrogens with zero attached hydrogens (tertiary/aromatic N) is 1. The molecular formula is C53H35NOS. The second-order valence-electron chi connectivity index (χ2n) is 15.7. The average molecular weight is 734 g/mol. The molecule has 56 heavy (non-hydrogen) atoms. The summed E-state index contributed by atoms with van der Waals surface area (Å²) in [6.07, 6.45) is 0. The van der Waals surface area contributed by atoms with Gasteiger partial charge < -0.3 is 9.32 Å². The van der Waals surface area contributed by atoms with Gasteiger partial charge in [0.1, 0.15) is 11.2 Å². The molecule has 12 rings (SSSR count). The molecule has 1 aliphatic carbocycles. The molecular weight excluding hydrogens is 699 g/mol. The van der Waals surface area contributed by atoms with Gasteiger partial charge >= 0.3 is 0 Å². The van der Waals surface area contributed by atoms with Crippen molar-refractivity contribution in [2.45, 2.75) is 19.3 Å². The molecule has 0 saturated heterocycles. The smallest absolute Gasteiger partial charge is 0.143 e. The van der Waals surface area contributed by atoms with E-state index in [1.807, 2.05) is 11.3 Å². The van der Waals surface area contributed by atoms with Gasteiger partial charge in [-0.1, -0.05) is 129 Å². The van der Waals surface area contributed by atoms with Gasteiger partial charge in [-0.05, 0) is 110 Å². The molecule has 0 aliphatic heterocycles. The first kappa shape index (κ1) is 31.6. The lowest BCUT2D eigenvalue weighted by Gasteiger charge is -2.28. The zero-order valence-corrected chi connectivity index (χ0v) is 31.8. The maximum atomic E-state index is 6.61. The molecule has 2 nitrogen and oxygen atoms in total. The fourth-order valence-corrected chi connectivity index (χ4v) is 10.6. The zero-order valence-electron chi connectivity index (χ0n) is 31.0. The van der Waals surface area contributed by atoms with Crippen LogP contribution in [0, 0.1) is 0 Å². The van der Waals surface area contributed by atoms with Gasteiger partial charge in [0.2, 0.25) is 0 Å². The summed E-state index contributed by atoms with van der Waals surface area (Å²) >= 11 is 1.86. The summed E-state index contributed by atoms with van der Waals surface area (Å²) in [6.45, 7) is 4.72. The third kappa shape index (κ3) is 4.55. The second-order valence-corrected chi connectivity index (χ2v) is 16.8. The van der Waals surface area contributed by atoms with Crippen molar-refractivity contribution < 1.29 is 4.42 Å². The Kier molecular flexibility index (Phi) is 6.59. The van der Waals surface area contributed by atoms with Gasteiger partial charge in [-0.25, -0.2) is 0 Å². The number of hydrogen-bond acceptors (Lipinski definition) is 3. The van der Waals surface area contributed by atoms with E-state index < -0.39 is 0 Å². The van der Waals surface area contributed by atoms with Crippen LogP contribution in [-0.4, -0.2) is 0 Å². The summed E-state index contributed by atoms with van der Waals surface area (Å²) < 4.78 is 9.13. The van der Waals surface area contributed by atoms with Gasteiger partial charge in [-0.2, -0.15) is 0 Å². The molecule has 9 aromatic carbocycles. The predicted molar refractivity (Wildman–Crippen MR) is 239 cm³/mol. The van der Waals surface area contributed by atoms with E-state index in [9.17, 15) is 0 Å². The second kappa shape index (κ2) is 11.7. The molecule has 2 heterocycles. The quantitative estimate of drug-likeness (QED) is 0.179. The summed E-state index contributed by atoms with van der Waals surface area (Å²) in [4.78, 5) is 2.43. The largest absolute Gasteiger partial charge is 0.455 e. The van der Waals surface area contributed by atoms with E-state index >= 15 is 0 Å². The molecule has 0 N–H and O–H groups in total. The molecule has 3 heteroatoms. The van der Waals surface area contributed by atoms with Crippen molar-refractivity contribution in [3.05, 3.63) is 187 Å². The van der Waals surface area contributed by atoms with E-state index in [-0.39, 0.29) is 5.41 Å². The summed E-state index contributed by atoms with van der Waals surface area (Å²) in [7, 11) is 0. The molecule has 0 unspecified atom stereocenters. The minimum Gasteiger partial charge on any atom is -0.455 e. The summed E-state index contributed by atoms with van der Waals surface area (Å²) in [5.74, 6) is 0. The Morgan fingerprint density at radius 2 is 1.12 bits per heavy atom. The van der Waals surface area contributed by atoms with Gasteiger partial charge in [0, 0.05) is 58.8 Å². The number of rotatable bonds is 4. The van der Waals surface area contributed by atoms with Crippen molar-refractivity contribution in [1.82, 2.24) is 0 Å². The molecule has 0 saturated carbocycles. The van der Waals surface area contributed by atoms with Gasteiger partial charge in [-0.3, -0.25) is 0 Å². The molecule has 0 spiro atoms. The van der Waals surface area contributed by atoms with Crippen molar-refractivity contribution in [2.24, 2.45) is 0 Å². The number of anilines is 3. The van der Waals surface area contributed by atoms with Crippen LogP contribution in [0.4, 0.5) is 17.1 Å². The van der Waals surface area contributed by atoms with E-state index in [4.69, 9.17) is 4.42 Å². The van der Waals surface area contributed by atoms with E-state index in [0.29, 0.717) is 0 Å². The monoisotopic (exact) mass is 733 g/mol.